The van der Waals surface area contributed by atoms with Gasteiger partial charge in [-0.1, -0.05) is 12.1 Å². The molecule has 2 aromatic carbocycles. The van der Waals surface area contributed by atoms with Gasteiger partial charge in [-0.25, -0.2) is 4.39 Å². The SMILES string of the molecule is Cc1cc(OC[C@@H]2CNCC[C@H]2c2ccc(F)cc2)cc2c1OCO2. The van der Waals surface area contributed by atoms with E-state index in [0.29, 0.717) is 18.4 Å². The van der Waals surface area contributed by atoms with Crippen LogP contribution in [0.5, 0.6) is 17.2 Å². The Hall–Kier alpha value is -2.27. The summed E-state index contributed by atoms with van der Waals surface area (Å²) in [5.74, 6) is 2.86. The van der Waals surface area contributed by atoms with E-state index in [0.717, 1.165) is 42.3 Å². The lowest BCUT2D eigenvalue weighted by Gasteiger charge is -2.32. The fourth-order valence-electron chi connectivity index (χ4n) is 3.69. The number of ether oxygens (including phenoxy) is 3. The number of benzene rings is 2. The molecule has 4 rings (SSSR count). The molecule has 25 heavy (non-hydrogen) atoms. The Bertz CT molecular complexity index is 747. The summed E-state index contributed by atoms with van der Waals surface area (Å²) in [5.41, 5.74) is 2.19. The number of hydrogen-bond acceptors (Lipinski definition) is 4. The number of halogens is 1. The molecule has 4 nitrogen and oxygen atoms in total. The Labute approximate surface area is 146 Å². The van der Waals surface area contributed by atoms with Crippen molar-refractivity contribution in [2.45, 2.75) is 19.3 Å². The lowest BCUT2D eigenvalue weighted by molar-refractivity contribution is 0.173. The Balaban J connectivity index is 1.47. The minimum absolute atomic E-state index is 0.193. The van der Waals surface area contributed by atoms with Crippen LogP contribution in [0.3, 0.4) is 0 Å². The molecule has 5 heteroatoms. The Morgan fingerprint density at radius 1 is 1.20 bits per heavy atom. The van der Waals surface area contributed by atoms with Gasteiger partial charge in [-0.2, -0.15) is 0 Å². The summed E-state index contributed by atoms with van der Waals surface area (Å²) in [5, 5.41) is 3.44. The van der Waals surface area contributed by atoms with Gasteiger partial charge in [-0.3, -0.25) is 0 Å². The molecular weight excluding hydrogens is 321 g/mol. The first kappa shape index (κ1) is 16.2. The van der Waals surface area contributed by atoms with E-state index in [-0.39, 0.29) is 12.6 Å². The van der Waals surface area contributed by atoms with Crippen molar-refractivity contribution < 1.29 is 18.6 Å². The van der Waals surface area contributed by atoms with Gasteiger partial charge >= 0.3 is 0 Å². The third-order valence-electron chi connectivity index (χ3n) is 5.00. The van der Waals surface area contributed by atoms with Crippen molar-refractivity contribution in [2.75, 3.05) is 26.5 Å². The Morgan fingerprint density at radius 2 is 2.04 bits per heavy atom. The average molecular weight is 343 g/mol. The zero-order valence-electron chi connectivity index (χ0n) is 14.3. The zero-order chi connectivity index (χ0) is 17.2. The summed E-state index contributed by atoms with van der Waals surface area (Å²) in [6, 6.07) is 10.7. The molecule has 0 aromatic heterocycles. The maximum absolute atomic E-state index is 13.2. The van der Waals surface area contributed by atoms with E-state index in [4.69, 9.17) is 14.2 Å². The van der Waals surface area contributed by atoms with Crippen LogP contribution in [0.1, 0.15) is 23.5 Å². The Kier molecular flexibility index (Phi) is 4.49. The summed E-state index contributed by atoms with van der Waals surface area (Å²) in [4.78, 5) is 0. The number of hydrogen-bond donors (Lipinski definition) is 1. The molecule has 0 spiro atoms. The van der Waals surface area contributed by atoms with Crippen LogP contribution in [-0.4, -0.2) is 26.5 Å². The first-order chi connectivity index (χ1) is 12.2. The molecule has 0 amide bonds. The molecule has 2 aliphatic heterocycles. The van der Waals surface area contributed by atoms with Gasteiger partial charge in [0.05, 0.1) is 6.61 Å². The predicted molar refractivity (Wildman–Crippen MR) is 92.9 cm³/mol. The highest BCUT2D eigenvalue weighted by Crippen LogP contribution is 2.39. The van der Waals surface area contributed by atoms with Gasteiger partial charge in [0, 0.05) is 18.5 Å². The summed E-state index contributed by atoms with van der Waals surface area (Å²) >= 11 is 0. The zero-order valence-corrected chi connectivity index (χ0v) is 14.3. The van der Waals surface area contributed by atoms with E-state index < -0.39 is 0 Å². The van der Waals surface area contributed by atoms with Crippen molar-refractivity contribution in [3.05, 3.63) is 53.3 Å². The summed E-state index contributed by atoms with van der Waals surface area (Å²) in [7, 11) is 0. The highest BCUT2D eigenvalue weighted by atomic mass is 19.1. The van der Waals surface area contributed by atoms with Gasteiger partial charge < -0.3 is 19.5 Å². The van der Waals surface area contributed by atoms with Crippen molar-refractivity contribution in [1.82, 2.24) is 5.32 Å². The highest BCUT2D eigenvalue weighted by molar-refractivity contribution is 5.52. The fourth-order valence-corrected chi connectivity index (χ4v) is 3.69. The second-order valence-corrected chi connectivity index (χ2v) is 6.70. The van der Waals surface area contributed by atoms with E-state index in [1.807, 2.05) is 31.2 Å². The summed E-state index contributed by atoms with van der Waals surface area (Å²) < 4.78 is 30.2. The van der Waals surface area contributed by atoms with Gasteiger partial charge in [0.15, 0.2) is 11.5 Å². The van der Waals surface area contributed by atoms with E-state index in [1.165, 1.54) is 17.7 Å². The predicted octanol–water partition coefficient (Wildman–Crippen LogP) is 3.63. The molecule has 1 saturated heterocycles. The molecule has 0 aliphatic carbocycles. The van der Waals surface area contributed by atoms with Crippen molar-refractivity contribution in [2.24, 2.45) is 5.92 Å². The van der Waals surface area contributed by atoms with Gasteiger partial charge in [0.25, 0.3) is 0 Å². The number of rotatable bonds is 4. The van der Waals surface area contributed by atoms with Gasteiger partial charge in [0.2, 0.25) is 6.79 Å². The van der Waals surface area contributed by atoms with Crippen LogP contribution < -0.4 is 19.5 Å². The first-order valence-electron chi connectivity index (χ1n) is 8.70. The monoisotopic (exact) mass is 343 g/mol. The second kappa shape index (κ2) is 6.92. The topological polar surface area (TPSA) is 39.7 Å². The van der Waals surface area contributed by atoms with Crippen LogP contribution in [-0.2, 0) is 0 Å². The molecule has 132 valence electrons. The third kappa shape index (κ3) is 3.42. The minimum Gasteiger partial charge on any atom is -0.493 e. The van der Waals surface area contributed by atoms with Crippen LogP contribution in [0.25, 0.3) is 0 Å². The van der Waals surface area contributed by atoms with Crippen LogP contribution >= 0.6 is 0 Å². The molecule has 2 atom stereocenters. The Morgan fingerprint density at radius 3 is 2.88 bits per heavy atom. The minimum atomic E-state index is -0.193. The molecule has 1 fully saturated rings. The first-order valence-corrected chi connectivity index (χ1v) is 8.70. The number of aryl methyl sites for hydroxylation is 1. The molecule has 0 radical (unpaired) electrons. The fraction of sp³-hybridized carbons (Fsp3) is 0.400. The van der Waals surface area contributed by atoms with Crippen LogP contribution in [0.15, 0.2) is 36.4 Å². The van der Waals surface area contributed by atoms with Crippen molar-refractivity contribution in [1.29, 1.82) is 0 Å². The normalized spacial score (nSPS) is 22.0. The number of piperidine rings is 1. The quantitative estimate of drug-likeness (QED) is 0.920. The van der Waals surface area contributed by atoms with Crippen molar-refractivity contribution in [3.8, 4) is 17.2 Å². The van der Waals surface area contributed by atoms with E-state index >= 15 is 0 Å². The summed E-state index contributed by atoms with van der Waals surface area (Å²) in [6.07, 6.45) is 1.03. The number of fused-ring (bicyclic) bond motifs is 1. The summed E-state index contributed by atoms with van der Waals surface area (Å²) in [6.45, 7) is 4.73. The molecule has 0 unspecified atom stereocenters. The highest BCUT2D eigenvalue weighted by Gasteiger charge is 2.27. The van der Waals surface area contributed by atoms with Gasteiger partial charge in [-0.15, -0.1) is 0 Å². The van der Waals surface area contributed by atoms with Crippen LogP contribution in [0, 0.1) is 18.7 Å². The average Bonchev–Trinajstić information content (AvgIpc) is 3.10. The van der Waals surface area contributed by atoms with Crippen molar-refractivity contribution in [3.63, 3.8) is 0 Å². The third-order valence-corrected chi connectivity index (χ3v) is 5.00. The van der Waals surface area contributed by atoms with E-state index in [9.17, 15) is 4.39 Å². The smallest absolute Gasteiger partial charge is 0.231 e. The molecule has 1 N–H and O–H groups in total. The van der Waals surface area contributed by atoms with E-state index in [2.05, 4.69) is 5.32 Å². The largest absolute Gasteiger partial charge is 0.493 e. The van der Waals surface area contributed by atoms with Gasteiger partial charge in [0.1, 0.15) is 11.6 Å². The molecule has 2 aromatic rings. The molecule has 2 aliphatic rings. The standard InChI is InChI=1S/C20H22FNO3/c1-13-8-17(9-19-20(13)25-12-24-19)23-11-15-10-22-7-6-18(15)14-2-4-16(21)5-3-14/h2-5,8-9,15,18,22H,6-7,10-12H2,1H3/t15-,18-/m0/s1. The van der Waals surface area contributed by atoms with Crippen molar-refractivity contribution >= 4 is 0 Å². The van der Waals surface area contributed by atoms with E-state index in [1.54, 1.807) is 0 Å². The molecular formula is C20H22FNO3. The lowest BCUT2D eigenvalue weighted by Crippen LogP contribution is -2.38. The maximum Gasteiger partial charge on any atom is 0.231 e. The number of nitrogens with one attached hydrogen (secondary N) is 1. The molecule has 0 bridgehead atoms. The molecule has 0 saturated carbocycles. The van der Waals surface area contributed by atoms with Gasteiger partial charge in [-0.05, 0) is 55.1 Å². The van der Waals surface area contributed by atoms with Crippen LogP contribution in [0.4, 0.5) is 4.39 Å². The second-order valence-electron chi connectivity index (χ2n) is 6.70. The maximum atomic E-state index is 13.2. The van der Waals surface area contributed by atoms with Crippen LogP contribution in [0.2, 0.25) is 0 Å². The molecule has 2 heterocycles. The lowest BCUT2D eigenvalue weighted by atomic mass is 9.81.